The maximum Gasteiger partial charge on any atom is 0.334 e. The Morgan fingerprint density at radius 2 is 1.75 bits per heavy atom. The Labute approximate surface area is 135 Å². The predicted molar refractivity (Wildman–Crippen MR) is 85.0 cm³/mol. The van der Waals surface area contributed by atoms with Crippen LogP contribution in [-0.4, -0.2) is 31.8 Å². The van der Waals surface area contributed by atoms with E-state index in [1.165, 1.54) is 24.3 Å². The summed E-state index contributed by atoms with van der Waals surface area (Å²) in [6, 6.07) is 9.74. The van der Waals surface area contributed by atoms with E-state index >= 15 is 0 Å². The molecule has 8 nitrogen and oxygen atoms in total. The Balaban J connectivity index is 1.96. The smallest absolute Gasteiger partial charge is 0.334 e. The molecule has 0 aliphatic rings. The van der Waals surface area contributed by atoms with Gasteiger partial charge >= 0.3 is 17.7 Å². The van der Waals surface area contributed by atoms with Gasteiger partial charge in [0.2, 0.25) is 0 Å². The van der Waals surface area contributed by atoms with E-state index in [1.54, 1.807) is 24.3 Å². The van der Waals surface area contributed by atoms with Crippen molar-refractivity contribution in [2.45, 2.75) is 6.04 Å². The molecule has 1 heterocycles. The summed E-state index contributed by atoms with van der Waals surface area (Å²) in [5, 5.41) is 20.9. The van der Waals surface area contributed by atoms with E-state index in [1.807, 2.05) is 0 Å². The number of carbonyl (C=O) groups excluding carboxylic acids is 1. The van der Waals surface area contributed by atoms with Crippen molar-refractivity contribution in [1.29, 1.82) is 0 Å². The minimum absolute atomic E-state index is 0.0259. The number of phenolic OH excluding ortho intramolecular Hbond substituents is 1. The van der Waals surface area contributed by atoms with Gasteiger partial charge in [-0.05, 0) is 29.8 Å². The number of benzene rings is 2. The summed E-state index contributed by atoms with van der Waals surface area (Å²) in [5.41, 5.74) is 0.411. The molecule has 8 heteroatoms. The number of nitrogens with one attached hydrogen (secondary N) is 2. The third-order valence-corrected chi connectivity index (χ3v) is 3.53. The Hall–Kier alpha value is -3.55. The number of hydrogen-bond donors (Lipinski definition) is 4. The first-order chi connectivity index (χ1) is 11.5. The first-order valence-corrected chi connectivity index (χ1v) is 7.00. The van der Waals surface area contributed by atoms with Crippen LogP contribution in [0.2, 0.25) is 0 Å². The van der Waals surface area contributed by atoms with Crippen molar-refractivity contribution in [2.75, 3.05) is 0 Å². The fourth-order valence-electron chi connectivity index (χ4n) is 2.40. The SMILES string of the molecule is O=C(O)C(NC(=O)n1c(=O)[nH]c2ccccc21)c1ccc(O)cc1. The molecule has 0 aliphatic heterocycles. The number of carbonyl (C=O) groups is 2. The van der Waals surface area contributed by atoms with Gasteiger partial charge in [0.05, 0.1) is 11.0 Å². The van der Waals surface area contributed by atoms with Crippen LogP contribution in [0, 0.1) is 0 Å². The molecule has 0 aliphatic carbocycles. The van der Waals surface area contributed by atoms with Crippen LogP contribution in [0.15, 0.2) is 53.3 Å². The van der Waals surface area contributed by atoms with Crippen LogP contribution in [0.3, 0.4) is 0 Å². The van der Waals surface area contributed by atoms with Gasteiger partial charge in [-0.1, -0.05) is 24.3 Å². The highest BCUT2D eigenvalue weighted by molar-refractivity contribution is 5.91. The van der Waals surface area contributed by atoms with E-state index in [4.69, 9.17) is 0 Å². The van der Waals surface area contributed by atoms with Crippen LogP contribution >= 0.6 is 0 Å². The number of hydrogen-bond acceptors (Lipinski definition) is 4. The number of imidazole rings is 1. The lowest BCUT2D eigenvalue weighted by Crippen LogP contribution is -2.40. The molecule has 0 fully saturated rings. The topological polar surface area (TPSA) is 124 Å². The average molecular weight is 327 g/mol. The molecule has 24 heavy (non-hydrogen) atoms. The molecule has 3 aromatic rings. The molecule has 1 amide bonds. The molecule has 1 unspecified atom stereocenters. The van der Waals surface area contributed by atoms with Gasteiger partial charge in [-0.3, -0.25) is 0 Å². The van der Waals surface area contributed by atoms with Gasteiger partial charge in [-0.2, -0.15) is 0 Å². The molecule has 0 saturated carbocycles. The van der Waals surface area contributed by atoms with E-state index in [9.17, 15) is 24.6 Å². The third kappa shape index (κ3) is 2.72. The zero-order valence-electron chi connectivity index (χ0n) is 12.3. The number of aromatic nitrogens is 2. The van der Waals surface area contributed by atoms with Gasteiger partial charge in [0.1, 0.15) is 5.75 Å². The van der Waals surface area contributed by atoms with Crippen molar-refractivity contribution < 1.29 is 19.8 Å². The van der Waals surface area contributed by atoms with Gasteiger partial charge in [0, 0.05) is 0 Å². The van der Waals surface area contributed by atoms with Gasteiger partial charge in [-0.15, -0.1) is 0 Å². The lowest BCUT2D eigenvalue weighted by molar-refractivity contribution is -0.139. The van der Waals surface area contributed by atoms with Crippen molar-refractivity contribution in [2.24, 2.45) is 0 Å². The number of phenols is 1. The minimum atomic E-state index is -1.36. The molecule has 4 N–H and O–H groups in total. The monoisotopic (exact) mass is 327 g/mol. The first-order valence-electron chi connectivity index (χ1n) is 7.00. The zero-order valence-corrected chi connectivity index (χ0v) is 12.3. The van der Waals surface area contributed by atoms with Crippen LogP contribution in [0.25, 0.3) is 11.0 Å². The van der Waals surface area contributed by atoms with Crippen molar-refractivity contribution in [3.63, 3.8) is 0 Å². The van der Waals surface area contributed by atoms with Crippen molar-refractivity contribution in [3.05, 3.63) is 64.6 Å². The van der Waals surface area contributed by atoms with E-state index in [-0.39, 0.29) is 11.3 Å². The average Bonchev–Trinajstić information content (AvgIpc) is 2.89. The Morgan fingerprint density at radius 1 is 1.08 bits per heavy atom. The Morgan fingerprint density at radius 3 is 2.42 bits per heavy atom. The molecule has 0 bridgehead atoms. The van der Waals surface area contributed by atoms with Crippen LogP contribution in [0.5, 0.6) is 5.75 Å². The number of fused-ring (bicyclic) bond motifs is 1. The maximum atomic E-state index is 12.4. The second kappa shape index (κ2) is 5.92. The molecule has 3 rings (SSSR count). The number of H-pyrrole nitrogens is 1. The second-order valence-electron chi connectivity index (χ2n) is 5.09. The number of carboxylic acid groups (broad SMARTS) is 1. The van der Waals surface area contributed by atoms with E-state index < -0.39 is 23.7 Å². The highest BCUT2D eigenvalue weighted by Crippen LogP contribution is 2.18. The van der Waals surface area contributed by atoms with Crippen LogP contribution < -0.4 is 11.0 Å². The number of aliphatic carboxylic acids is 1. The number of para-hydroxylation sites is 2. The molecule has 0 radical (unpaired) electrons. The summed E-state index contributed by atoms with van der Waals surface area (Å²) in [7, 11) is 0. The van der Waals surface area contributed by atoms with Crippen LogP contribution in [-0.2, 0) is 4.79 Å². The number of rotatable bonds is 3. The van der Waals surface area contributed by atoms with E-state index in [0.717, 1.165) is 4.57 Å². The van der Waals surface area contributed by atoms with Gasteiger partial charge in [-0.25, -0.2) is 19.0 Å². The second-order valence-corrected chi connectivity index (χ2v) is 5.09. The molecule has 1 atom stereocenters. The number of carboxylic acids is 1. The largest absolute Gasteiger partial charge is 0.508 e. The molecule has 0 saturated heterocycles. The zero-order chi connectivity index (χ0) is 17.3. The standard InChI is InChI=1S/C16H13N3O5/c20-10-7-5-9(6-8-10)13(14(21)22)18-16(24)19-12-4-2-1-3-11(12)17-15(19)23/h1-8,13,20H,(H,17,23)(H,18,24)(H,21,22). The predicted octanol–water partition coefficient (Wildman–Crippen LogP) is 1.42. The molecule has 122 valence electrons. The fourth-order valence-corrected chi connectivity index (χ4v) is 2.40. The fraction of sp³-hybridized carbons (Fsp3) is 0.0625. The molecular formula is C16H13N3O5. The first kappa shape index (κ1) is 15.3. The lowest BCUT2D eigenvalue weighted by Gasteiger charge is -2.15. The molecule has 0 spiro atoms. The van der Waals surface area contributed by atoms with Crippen molar-refractivity contribution >= 4 is 23.0 Å². The van der Waals surface area contributed by atoms with E-state index in [0.29, 0.717) is 11.0 Å². The Kier molecular flexibility index (Phi) is 3.78. The van der Waals surface area contributed by atoms with Gasteiger partial charge < -0.3 is 20.5 Å². The summed E-state index contributed by atoms with van der Waals surface area (Å²) >= 11 is 0. The Bertz CT molecular complexity index is 971. The van der Waals surface area contributed by atoms with Crippen molar-refractivity contribution in [1.82, 2.24) is 14.9 Å². The number of amides is 1. The summed E-state index contributed by atoms with van der Waals surface area (Å²) < 4.78 is 0.839. The van der Waals surface area contributed by atoms with Gasteiger partial charge in [0.25, 0.3) is 0 Å². The normalized spacial score (nSPS) is 12.0. The molecule has 1 aromatic heterocycles. The number of aromatic amines is 1. The maximum absolute atomic E-state index is 12.4. The minimum Gasteiger partial charge on any atom is -0.508 e. The van der Waals surface area contributed by atoms with Crippen LogP contribution in [0.4, 0.5) is 4.79 Å². The third-order valence-electron chi connectivity index (χ3n) is 3.53. The summed E-state index contributed by atoms with van der Waals surface area (Å²) in [5.74, 6) is -1.32. The highest BCUT2D eigenvalue weighted by Gasteiger charge is 2.24. The summed E-state index contributed by atoms with van der Waals surface area (Å²) in [4.78, 5) is 38.4. The van der Waals surface area contributed by atoms with Crippen molar-refractivity contribution in [3.8, 4) is 5.75 Å². The van der Waals surface area contributed by atoms with Crippen LogP contribution in [0.1, 0.15) is 11.6 Å². The lowest BCUT2D eigenvalue weighted by atomic mass is 10.1. The van der Waals surface area contributed by atoms with Gasteiger partial charge in [0.15, 0.2) is 6.04 Å². The molecular weight excluding hydrogens is 314 g/mol. The number of nitrogens with zero attached hydrogens (tertiary/aromatic N) is 1. The summed E-state index contributed by atoms with van der Waals surface area (Å²) in [6.07, 6.45) is 0. The summed E-state index contributed by atoms with van der Waals surface area (Å²) in [6.45, 7) is 0. The quantitative estimate of drug-likeness (QED) is 0.579. The number of aromatic hydroxyl groups is 1. The van der Waals surface area contributed by atoms with E-state index in [2.05, 4.69) is 10.3 Å². The molecule has 2 aromatic carbocycles. The highest BCUT2D eigenvalue weighted by atomic mass is 16.4.